The highest BCUT2D eigenvalue weighted by molar-refractivity contribution is 5.99. The summed E-state index contributed by atoms with van der Waals surface area (Å²) in [7, 11) is 5.34. The molecule has 2 aromatic carbocycles. The van der Waals surface area contributed by atoms with Crippen LogP contribution in [0, 0.1) is 0 Å². The zero-order valence-electron chi connectivity index (χ0n) is 19.9. The molecule has 2 amide bonds. The zero-order chi connectivity index (χ0) is 25.9. The summed E-state index contributed by atoms with van der Waals surface area (Å²) in [6, 6.07) is 10.0. The first-order chi connectivity index (χ1) is 17.2. The van der Waals surface area contributed by atoms with Gasteiger partial charge in [-0.3, -0.25) is 4.57 Å². The van der Waals surface area contributed by atoms with Crippen molar-refractivity contribution < 1.29 is 18.0 Å². The Morgan fingerprint density at radius 1 is 1.00 bits per heavy atom. The second-order valence-corrected chi connectivity index (χ2v) is 8.31. The smallest absolute Gasteiger partial charge is 0.371 e. The Morgan fingerprint density at radius 2 is 1.69 bits per heavy atom. The van der Waals surface area contributed by atoms with Crippen molar-refractivity contribution in [2.45, 2.75) is 12.6 Å². The number of likely N-dealkylation sites (N-methyl/N-ethyl adjacent to an activating group) is 1. The number of fused-ring (bicyclic) bond motifs is 1. The van der Waals surface area contributed by atoms with Gasteiger partial charge in [-0.2, -0.15) is 13.2 Å². The summed E-state index contributed by atoms with van der Waals surface area (Å²) in [5.41, 5.74) is 1.92. The lowest BCUT2D eigenvalue weighted by Gasteiger charge is -2.17. The van der Waals surface area contributed by atoms with E-state index in [1.54, 1.807) is 56.3 Å². The van der Waals surface area contributed by atoms with Crippen molar-refractivity contribution in [2.24, 2.45) is 0 Å². The van der Waals surface area contributed by atoms with E-state index in [0.29, 0.717) is 29.2 Å². The summed E-state index contributed by atoms with van der Waals surface area (Å²) >= 11 is 0. The number of urea groups is 1. The maximum Gasteiger partial charge on any atom is 0.416 e. The molecular weight excluding hydrogens is 473 g/mol. The second kappa shape index (κ2) is 10.2. The number of hydrogen-bond acceptors (Lipinski definition) is 6. The van der Waals surface area contributed by atoms with Crippen molar-refractivity contribution in [1.82, 2.24) is 24.4 Å². The standard InChI is InChI=1S/C24H25F3N8O/c1-28-21-20-22(30-13-29-21)35(14-31-20)18-8-6-16(7-9-18)32-23(36)33-17-5-4-15(10-11-34(2)3)19(12-17)24(25,26)27/h4-9,12-14H,10-11H2,1-3H3,(H,28,29,30)(H2,32,33,36). The van der Waals surface area contributed by atoms with Crippen LogP contribution < -0.4 is 16.0 Å². The topological polar surface area (TPSA) is 100 Å². The normalized spacial score (nSPS) is 11.6. The van der Waals surface area contributed by atoms with E-state index >= 15 is 0 Å². The van der Waals surface area contributed by atoms with Gasteiger partial charge in [0.05, 0.1) is 5.56 Å². The highest BCUT2D eigenvalue weighted by Gasteiger charge is 2.33. The van der Waals surface area contributed by atoms with Crippen LogP contribution >= 0.6 is 0 Å². The van der Waals surface area contributed by atoms with Gasteiger partial charge in [-0.05, 0) is 62.5 Å². The number of halogens is 3. The van der Waals surface area contributed by atoms with Gasteiger partial charge in [-0.25, -0.2) is 19.7 Å². The lowest BCUT2D eigenvalue weighted by atomic mass is 10.0. The molecule has 4 aromatic rings. The van der Waals surface area contributed by atoms with Gasteiger partial charge < -0.3 is 20.9 Å². The minimum atomic E-state index is -4.53. The maximum atomic E-state index is 13.6. The third-order valence-corrected chi connectivity index (χ3v) is 5.48. The number of benzene rings is 2. The van der Waals surface area contributed by atoms with Crippen LogP contribution in [0.4, 0.5) is 35.2 Å². The van der Waals surface area contributed by atoms with Crippen LogP contribution in [0.1, 0.15) is 11.1 Å². The molecule has 188 valence electrons. The fourth-order valence-electron chi connectivity index (χ4n) is 3.69. The number of alkyl halides is 3. The molecule has 9 nitrogen and oxygen atoms in total. The van der Waals surface area contributed by atoms with Gasteiger partial charge in [0.2, 0.25) is 0 Å². The summed E-state index contributed by atoms with van der Waals surface area (Å²) in [4.78, 5) is 27.0. The molecule has 0 saturated carbocycles. The monoisotopic (exact) mass is 498 g/mol. The number of carbonyl (C=O) groups excluding carboxylic acids is 1. The molecule has 12 heteroatoms. The molecule has 0 fully saturated rings. The number of carbonyl (C=O) groups is 1. The predicted molar refractivity (Wildman–Crippen MR) is 133 cm³/mol. The van der Waals surface area contributed by atoms with E-state index in [9.17, 15) is 18.0 Å². The lowest BCUT2D eigenvalue weighted by Crippen LogP contribution is -2.21. The Hall–Kier alpha value is -4.19. The van der Waals surface area contributed by atoms with Crippen molar-refractivity contribution in [2.75, 3.05) is 43.6 Å². The van der Waals surface area contributed by atoms with Crippen LogP contribution in [-0.4, -0.2) is 58.1 Å². The molecule has 36 heavy (non-hydrogen) atoms. The molecule has 0 radical (unpaired) electrons. The van der Waals surface area contributed by atoms with E-state index in [-0.39, 0.29) is 17.7 Å². The lowest BCUT2D eigenvalue weighted by molar-refractivity contribution is -0.138. The van der Waals surface area contributed by atoms with Crippen molar-refractivity contribution in [3.63, 3.8) is 0 Å². The molecular formula is C24H25F3N8O. The van der Waals surface area contributed by atoms with E-state index in [2.05, 4.69) is 30.9 Å². The molecule has 3 N–H and O–H groups in total. The van der Waals surface area contributed by atoms with Gasteiger partial charge in [-0.1, -0.05) is 6.07 Å². The quantitative estimate of drug-likeness (QED) is 0.344. The van der Waals surface area contributed by atoms with Crippen molar-refractivity contribution in [1.29, 1.82) is 0 Å². The molecule has 0 aliphatic rings. The van der Waals surface area contributed by atoms with E-state index < -0.39 is 17.8 Å². The van der Waals surface area contributed by atoms with Gasteiger partial charge in [0.15, 0.2) is 17.0 Å². The van der Waals surface area contributed by atoms with Crippen LogP contribution in [0.25, 0.3) is 16.9 Å². The van der Waals surface area contributed by atoms with Crippen LogP contribution in [0.15, 0.2) is 55.1 Å². The molecule has 0 bridgehead atoms. The van der Waals surface area contributed by atoms with Crippen LogP contribution in [0.5, 0.6) is 0 Å². The highest BCUT2D eigenvalue weighted by Crippen LogP contribution is 2.34. The number of imidazole rings is 1. The Morgan fingerprint density at radius 3 is 2.36 bits per heavy atom. The summed E-state index contributed by atoms with van der Waals surface area (Å²) < 4.78 is 42.5. The van der Waals surface area contributed by atoms with Crippen LogP contribution in [0.3, 0.4) is 0 Å². The number of nitrogens with one attached hydrogen (secondary N) is 3. The van der Waals surface area contributed by atoms with E-state index in [4.69, 9.17) is 0 Å². The molecule has 2 heterocycles. The van der Waals surface area contributed by atoms with E-state index in [1.807, 2.05) is 4.90 Å². The molecule has 0 aliphatic heterocycles. The maximum absolute atomic E-state index is 13.6. The van der Waals surface area contributed by atoms with Gasteiger partial charge in [0, 0.05) is 30.7 Å². The average molecular weight is 499 g/mol. The first-order valence-electron chi connectivity index (χ1n) is 11.0. The summed E-state index contributed by atoms with van der Waals surface area (Å²) in [5.74, 6) is 0.605. The van der Waals surface area contributed by atoms with E-state index in [0.717, 1.165) is 11.8 Å². The van der Waals surface area contributed by atoms with Crippen LogP contribution in [0.2, 0.25) is 0 Å². The zero-order valence-corrected chi connectivity index (χ0v) is 19.9. The Kier molecular flexibility index (Phi) is 7.06. The molecule has 0 unspecified atom stereocenters. The van der Waals surface area contributed by atoms with E-state index in [1.165, 1.54) is 18.5 Å². The van der Waals surface area contributed by atoms with Crippen molar-refractivity contribution >= 4 is 34.4 Å². The van der Waals surface area contributed by atoms with Gasteiger partial charge in [0.25, 0.3) is 0 Å². The minimum absolute atomic E-state index is 0.0509. The first-order valence-corrected chi connectivity index (χ1v) is 11.0. The first kappa shape index (κ1) is 24.9. The number of nitrogens with zero attached hydrogens (tertiary/aromatic N) is 5. The van der Waals surface area contributed by atoms with Crippen LogP contribution in [-0.2, 0) is 12.6 Å². The summed E-state index contributed by atoms with van der Waals surface area (Å²) in [6.07, 6.45) is -1.22. The SMILES string of the molecule is CNc1ncnc2c1ncn2-c1ccc(NC(=O)Nc2ccc(CCN(C)C)c(C(F)(F)F)c2)cc1. The van der Waals surface area contributed by atoms with Gasteiger partial charge >= 0.3 is 12.2 Å². The average Bonchev–Trinajstić information content (AvgIpc) is 3.27. The molecule has 0 spiro atoms. The number of aromatic nitrogens is 4. The van der Waals surface area contributed by atoms with Gasteiger partial charge in [0.1, 0.15) is 12.7 Å². The molecule has 2 aromatic heterocycles. The second-order valence-electron chi connectivity index (χ2n) is 8.31. The molecule has 0 aliphatic carbocycles. The summed E-state index contributed by atoms with van der Waals surface area (Å²) in [6.45, 7) is 0.477. The van der Waals surface area contributed by atoms with Gasteiger partial charge in [-0.15, -0.1) is 0 Å². The fourth-order valence-corrected chi connectivity index (χ4v) is 3.69. The number of anilines is 3. The number of amides is 2. The predicted octanol–water partition coefficient (Wildman–Crippen LogP) is 4.62. The Balaban J connectivity index is 1.46. The minimum Gasteiger partial charge on any atom is -0.371 e. The highest BCUT2D eigenvalue weighted by atomic mass is 19.4. The van der Waals surface area contributed by atoms with Crippen molar-refractivity contribution in [3.8, 4) is 5.69 Å². The fraction of sp³-hybridized carbons (Fsp3) is 0.250. The largest absolute Gasteiger partial charge is 0.416 e. The Bertz CT molecular complexity index is 1370. The molecule has 0 saturated heterocycles. The number of hydrogen-bond donors (Lipinski definition) is 3. The number of rotatable bonds is 7. The Labute approximate surface area is 205 Å². The third kappa shape index (κ3) is 5.54. The van der Waals surface area contributed by atoms with Crippen molar-refractivity contribution in [3.05, 3.63) is 66.2 Å². The third-order valence-electron chi connectivity index (χ3n) is 5.48. The molecule has 0 atom stereocenters. The summed E-state index contributed by atoms with van der Waals surface area (Å²) in [5, 5.41) is 8.07. The molecule has 4 rings (SSSR count).